The molecule has 0 N–H and O–H groups in total. The van der Waals surface area contributed by atoms with Crippen molar-refractivity contribution in [2.24, 2.45) is 0 Å². The predicted octanol–water partition coefficient (Wildman–Crippen LogP) is 3.97. The van der Waals surface area contributed by atoms with Crippen LogP contribution in [0, 0.1) is 0 Å². The van der Waals surface area contributed by atoms with Crippen molar-refractivity contribution in [3.63, 3.8) is 0 Å². The number of hydrogen-bond acceptors (Lipinski definition) is 3. The van der Waals surface area contributed by atoms with Gasteiger partial charge in [-0.1, -0.05) is 19.2 Å². The fourth-order valence-electron chi connectivity index (χ4n) is 1.32. The van der Waals surface area contributed by atoms with E-state index in [1.54, 1.807) is 25.3 Å². The maximum Gasteiger partial charge on any atom is 0.169 e. The van der Waals surface area contributed by atoms with E-state index in [0.717, 1.165) is 0 Å². The second-order valence-corrected chi connectivity index (χ2v) is 3.07. The third-order valence-electron chi connectivity index (χ3n) is 2.05. The van der Waals surface area contributed by atoms with E-state index in [1.807, 2.05) is 19.1 Å². The van der Waals surface area contributed by atoms with Crippen LogP contribution in [-0.2, 0) is 9.47 Å². The molecule has 0 amide bonds. The van der Waals surface area contributed by atoms with Gasteiger partial charge in [0.1, 0.15) is 0 Å². The minimum absolute atomic E-state index is 0.611. The summed E-state index contributed by atoms with van der Waals surface area (Å²) >= 11 is 0. The van der Waals surface area contributed by atoms with E-state index < -0.39 is 0 Å². The number of allylic oxidation sites excluding steroid dienone is 3. The van der Waals surface area contributed by atoms with Crippen LogP contribution >= 0.6 is 0 Å². The van der Waals surface area contributed by atoms with Gasteiger partial charge in [-0.3, -0.25) is 0 Å². The van der Waals surface area contributed by atoms with Crippen molar-refractivity contribution >= 4 is 11.5 Å². The van der Waals surface area contributed by atoms with E-state index in [9.17, 15) is 0 Å². The van der Waals surface area contributed by atoms with Crippen molar-refractivity contribution in [3.8, 4) is 0 Å². The van der Waals surface area contributed by atoms with E-state index in [-0.39, 0.29) is 0 Å². The zero-order valence-electron chi connectivity index (χ0n) is 10.1. The van der Waals surface area contributed by atoms with E-state index in [4.69, 9.17) is 13.9 Å². The summed E-state index contributed by atoms with van der Waals surface area (Å²) in [5.74, 6) is 2.46. The average Bonchev–Trinajstić information content (AvgIpc) is 2.82. The van der Waals surface area contributed by atoms with Gasteiger partial charge in [0.15, 0.2) is 23.0 Å². The summed E-state index contributed by atoms with van der Waals surface area (Å²) in [6, 6.07) is 3.62. The van der Waals surface area contributed by atoms with Gasteiger partial charge in [-0.2, -0.15) is 0 Å². The van der Waals surface area contributed by atoms with E-state index in [1.165, 1.54) is 6.26 Å². The van der Waals surface area contributed by atoms with Crippen LogP contribution < -0.4 is 0 Å². The van der Waals surface area contributed by atoms with Gasteiger partial charge in [0.25, 0.3) is 0 Å². The molecule has 0 aliphatic carbocycles. The first kappa shape index (κ1) is 12.9. The molecule has 0 atom stereocenters. The van der Waals surface area contributed by atoms with Gasteiger partial charge in [-0.25, -0.2) is 0 Å². The second-order valence-electron chi connectivity index (χ2n) is 3.07. The molecule has 0 aromatic carbocycles. The Morgan fingerprint density at radius 3 is 2.35 bits per heavy atom. The van der Waals surface area contributed by atoms with Crippen molar-refractivity contribution in [1.29, 1.82) is 0 Å². The van der Waals surface area contributed by atoms with Gasteiger partial charge in [0, 0.05) is 0 Å². The Bertz CT molecular complexity index is 450. The smallest absolute Gasteiger partial charge is 0.169 e. The molecular weight excluding hydrogens is 216 g/mol. The number of rotatable bonds is 6. The Morgan fingerprint density at radius 2 is 1.88 bits per heavy atom. The molecule has 0 bridgehead atoms. The lowest BCUT2D eigenvalue weighted by Gasteiger charge is -2.03. The Morgan fingerprint density at radius 1 is 1.24 bits per heavy atom. The summed E-state index contributed by atoms with van der Waals surface area (Å²) in [4.78, 5) is 0. The molecule has 1 rings (SSSR count). The third kappa shape index (κ3) is 3.14. The van der Waals surface area contributed by atoms with Crippen LogP contribution in [0.25, 0.3) is 11.5 Å². The minimum Gasteiger partial charge on any atom is -0.493 e. The van der Waals surface area contributed by atoms with Gasteiger partial charge < -0.3 is 13.9 Å². The lowest BCUT2D eigenvalue weighted by atomic mass is 10.3. The number of methoxy groups -OCH3 is 1. The van der Waals surface area contributed by atoms with Crippen LogP contribution in [0.5, 0.6) is 0 Å². The first-order valence-corrected chi connectivity index (χ1v) is 5.18. The van der Waals surface area contributed by atoms with Gasteiger partial charge in [0.2, 0.25) is 0 Å². The van der Waals surface area contributed by atoms with Gasteiger partial charge in [-0.05, 0) is 31.2 Å². The molecule has 0 fully saturated rings. The highest BCUT2D eigenvalue weighted by atomic mass is 16.5. The summed E-state index contributed by atoms with van der Waals surface area (Å²) in [5, 5.41) is 0. The fraction of sp³-hybridized carbons (Fsp3) is 0.143. The van der Waals surface area contributed by atoms with Crippen LogP contribution in [0.1, 0.15) is 18.4 Å². The highest BCUT2D eigenvalue weighted by Crippen LogP contribution is 2.24. The Balaban J connectivity index is 3.02. The van der Waals surface area contributed by atoms with Crippen LogP contribution in [-0.4, -0.2) is 7.11 Å². The number of furan rings is 1. The number of ether oxygens (including phenoxy) is 2. The SMILES string of the molecule is C=C/C=C(\OC)c1ccc(/C(=C/C)OC=C)o1. The summed E-state index contributed by atoms with van der Waals surface area (Å²) in [6.07, 6.45) is 6.52. The molecule has 90 valence electrons. The lowest BCUT2D eigenvalue weighted by molar-refractivity contribution is 0.346. The Hall–Kier alpha value is -2.16. The van der Waals surface area contributed by atoms with E-state index in [0.29, 0.717) is 23.0 Å². The van der Waals surface area contributed by atoms with Gasteiger partial charge in [0.05, 0.1) is 13.4 Å². The lowest BCUT2D eigenvalue weighted by Crippen LogP contribution is -1.85. The van der Waals surface area contributed by atoms with Crippen LogP contribution in [0.3, 0.4) is 0 Å². The fourth-order valence-corrected chi connectivity index (χ4v) is 1.32. The first-order chi connectivity index (χ1) is 8.26. The first-order valence-electron chi connectivity index (χ1n) is 5.18. The molecule has 0 aliphatic rings. The van der Waals surface area contributed by atoms with Crippen molar-refractivity contribution in [3.05, 3.63) is 61.3 Å². The summed E-state index contributed by atoms with van der Waals surface area (Å²) in [5.41, 5.74) is 0. The molecule has 3 nitrogen and oxygen atoms in total. The summed E-state index contributed by atoms with van der Waals surface area (Å²) < 4.78 is 16.0. The molecule has 0 saturated carbocycles. The minimum atomic E-state index is 0.611. The van der Waals surface area contributed by atoms with Crippen LogP contribution in [0.15, 0.2) is 54.2 Å². The van der Waals surface area contributed by atoms with Crippen molar-refractivity contribution in [2.75, 3.05) is 7.11 Å². The Kier molecular flexibility index (Phi) is 4.88. The highest BCUT2D eigenvalue weighted by Gasteiger charge is 2.10. The summed E-state index contributed by atoms with van der Waals surface area (Å²) in [7, 11) is 1.58. The maximum atomic E-state index is 5.61. The van der Waals surface area contributed by atoms with E-state index >= 15 is 0 Å². The standard InChI is InChI=1S/C14H16O3/c1-5-8-12(15-4)14-10-9-13(17-14)11(6-2)16-7-3/h5-10H,1,3H2,2,4H3/b11-6-,12-8-. The largest absolute Gasteiger partial charge is 0.493 e. The molecule has 1 heterocycles. The third-order valence-corrected chi connectivity index (χ3v) is 2.05. The Labute approximate surface area is 101 Å². The van der Waals surface area contributed by atoms with Crippen molar-refractivity contribution in [2.45, 2.75) is 6.92 Å². The molecule has 1 aromatic rings. The van der Waals surface area contributed by atoms with E-state index in [2.05, 4.69) is 13.2 Å². The monoisotopic (exact) mass is 232 g/mol. The molecule has 1 aromatic heterocycles. The molecule has 0 unspecified atom stereocenters. The number of hydrogen-bond donors (Lipinski definition) is 0. The molecule has 0 radical (unpaired) electrons. The average molecular weight is 232 g/mol. The normalized spacial score (nSPS) is 12.1. The quantitative estimate of drug-likeness (QED) is 0.549. The predicted molar refractivity (Wildman–Crippen MR) is 68.8 cm³/mol. The molecular formula is C14H16O3. The molecule has 3 heteroatoms. The molecule has 0 aliphatic heterocycles. The van der Waals surface area contributed by atoms with Crippen LogP contribution in [0.2, 0.25) is 0 Å². The molecule has 0 spiro atoms. The van der Waals surface area contributed by atoms with Crippen molar-refractivity contribution < 1.29 is 13.9 Å². The van der Waals surface area contributed by atoms with Crippen LogP contribution in [0.4, 0.5) is 0 Å². The maximum absolute atomic E-state index is 5.61. The van der Waals surface area contributed by atoms with Crippen molar-refractivity contribution in [1.82, 2.24) is 0 Å². The zero-order chi connectivity index (χ0) is 12.7. The van der Waals surface area contributed by atoms with Gasteiger partial charge >= 0.3 is 0 Å². The molecule has 0 saturated heterocycles. The second kappa shape index (κ2) is 6.43. The zero-order valence-corrected chi connectivity index (χ0v) is 10.1. The molecule has 17 heavy (non-hydrogen) atoms. The topological polar surface area (TPSA) is 31.6 Å². The summed E-state index contributed by atoms with van der Waals surface area (Å²) in [6.45, 7) is 8.98. The van der Waals surface area contributed by atoms with Gasteiger partial charge in [-0.15, -0.1) is 0 Å². The highest BCUT2D eigenvalue weighted by molar-refractivity contribution is 5.61.